The van der Waals surface area contributed by atoms with Crippen LogP contribution in [0.2, 0.25) is 0 Å². The molecular weight excluding hydrogens is 564 g/mol. The van der Waals surface area contributed by atoms with Gasteiger partial charge in [-0.25, -0.2) is 9.69 Å². The third kappa shape index (κ3) is 5.12. The average Bonchev–Trinajstić information content (AvgIpc) is 3.57. The van der Waals surface area contributed by atoms with Gasteiger partial charge in [-0.1, -0.05) is 60.7 Å². The number of carbonyl (C=O) groups excluding carboxylic acids is 3. The number of benzene rings is 4. The van der Waals surface area contributed by atoms with Crippen molar-refractivity contribution < 1.29 is 19.1 Å². The number of aryl methyl sites for hydroxylation is 1. The van der Waals surface area contributed by atoms with E-state index in [-0.39, 0.29) is 17.9 Å². The number of urea groups is 1. The van der Waals surface area contributed by atoms with Crippen LogP contribution in [0.4, 0.5) is 10.5 Å². The van der Waals surface area contributed by atoms with E-state index in [1.165, 1.54) is 10.5 Å². The van der Waals surface area contributed by atoms with Gasteiger partial charge in [-0.2, -0.15) is 0 Å². The molecule has 2 N–H and O–H groups in total. The second kappa shape index (κ2) is 11.6. The smallest absolute Gasteiger partial charge is 0.332 e. The number of rotatable bonds is 8. The van der Waals surface area contributed by atoms with Crippen LogP contribution in [0, 0.1) is 0 Å². The predicted octanol–water partition coefficient (Wildman–Crippen LogP) is 6.41. The summed E-state index contributed by atoms with van der Waals surface area (Å²) in [5.41, 5.74) is 5.89. The fourth-order valence-corrected chi connectivity index (χ4v) is 6.64. The van der Waals surface area contributed by atoms with Crippen molar-refractivity contribution in [3.63, 3.8) is 0 Å². The lowest BCUT2D eigenvalue weighted by atomic mass is 9.89. The highest BCUT2D eigenvalue weighted by Crippen LogP contribution is 2.45. The van der Waals surface area contributed by atoms with E-state index >= 15 is 0 Å². The van der Waals surface area contributed by atoms with Crippen LogP contribution in [0.15, 0.2) is 103 Å². The Morgan fingerprint density at radius 1 is 0.956 bits per heavy atom. The number of anilines is 1. The normalized spacial score (nSPS) is 18.1. The van der Waals surface area contributed by atoms with E-state index in [0.29, 0.717) is 23.4 Å². The number of nitrogens with zero attached hydrogens (tertiary/aromatic N) is 2. The number of amides is 4. The van der Waals surface area contributed by atoms with Gasteiger partial charge in [-0.05, 0) is 78.9 Å². The molecule has 0 bridgehead atoms. The zero-order valence-corrected chi connectivity index (χ0v) is 25.2. The van der Waals surface area contributed by atoms with Gasteiger partial charge >= 0.3 is 6.03 Å². The molecule has 45 heavy (non-hydrogen) atoms. The number of ether oxygens (including phenoxy) is 1. The number of hydrogen-bond donors (Lipinski definition) is 2. The second-order valence-corrected chi connectivity index (χ2v) is 11.8. The number of aromatic amines is 1. The first-order valence-corrected chi connectivity index (χ1v) is 15.3. The molecule has 8 nitrogen and oxygen atoms in total. The molecule has 7 rings (SSSR count). The number of nitrogens with one attached hydrogen (secondary N) is 2. The molecule has 3 atom stereocenters. The molecule has 1 fully saturated rings. The minimum absolute atomic E-state index is 0.0169. The van der Waals surface area contributed by atoms with Crippen LogP contribution in [-0.2, 0) is 17.6 Å². The summed E-state index contributed by atoms with van der Waals surface area (Å²) in [5, 5.41) is 4.11. The van der Waals surface area contributed by atoms with Crippen LogP contribution in [-0.4, -0.2) is 46.9 Å². The number of hydrogen-bond acceptors (Lipinski definition) is 4. The van der Waals surface area contributed by atoms with Crippen molar-refractivity contribution in [2.24, 2.45) is 0 Å². The Bertz CT molecular complexity index is 1900. The highest BCUT2D eigenvalue weighted by molar-refractivity contribution is 6.22. The zero-order chi connectivity index (χ0) is 31.1. The Kier molecular flexibility index (Phi) is 7.33. The lowest BCUT2D eigenvalue weighted by Crippen LogP contribution is -2.44. The SMILES string of the molecule is COc1cccc([C@H]2c3[nH]c4ccccc4c3C[C@H]3C(=O)N(c4ccc(C(=O)N[C@H](C)CCc5ccccc5)cc4)C(=O)N23)c1. The molecule has 3 heterocycles. The first-order valence-electron chi connectivity index (χ1n) is 15.3. The maximum Gasteiger partial charge on any atom is 0.332 e. The number of aromatic nitrogens is 1. The van der Waals surface area contributed by atoms with E-state index in [4.69, 9.17) is 4.74 Å². The summed E-state index contributed by atoms with van der Waals surface area (Å²) in [7, 11) is 1.61. The van der Waals surface area contributed by atoms with E-state index in [1.807, 2.05) is 73.7 Å². The molecule has 4 amide bonds. The van der Waals surface area contributed by atoms with E-state index in [9.17, 15) is 14.4 Å². The second-order valence-electron chi connectivity index (χ2n) is 11.8. The molecule has 0 spiro atoms. The summed E-state index contributed by atoms with van der Waals surface area (Å²) in [6.07, 6.45) is 2.09. The standard InChI is InChI=1S/C37H34N4O4/c1-23(15-16-24-9-4-3-5-10-24)38-35(42)25-17-19-27(20-18-25)40-36(43)32-22-30-29-13-6-7-14-31(29)39-33(30)34(41(32)37(40)44)26-11-8-12-28(21-26)45-2/h3-14,17-21,23,32,34,39H,15-16,22H2,1-2H3,(H,38,42)/t23-,32+,34+/m1/s1. The summed E-state index contributed by atoms with van der Waals surface area (Å²) in [5.74, 6) is 0.197. The molecule has 0 aliphatic carbocycles. The number of para-hydroxylation sites is 1. The van der Waals surface area contributed by atoms with Crippen LogP contribution >= 0.6 is 0 Å². The van der Waals surface area contributed by atoms with Gasteiger partial charge in [0, 0.05) is 34.6 Å². The van der Waals surface area contributed by atoms with Crippen molar-refractivity contribution in [1.82, 2.24) is 15.2 Å². The van der Waals surface area contributed by atoms with Crippen molar-refractivity contribution in [2.75, 3.05) is 12.0 Å². The molecule has 0 saturated carbocycles. The monoisotopic (exact) mass is 598 g/mol. The molecular formula is C37H34N4O4. The fraction of sp³-hybridized carbons (Fsp3) is 0.216. The summed E-state index contributed by atoms with van der Waals surface area (Å²) >= 11 is 0. The lowest BCUT2D eigenvalue weighted by Gasteiger charge is -2.36. The van der Waals surface area contributed by atoms with Gasteiger partial charge in [0.15, 0.2) is 0 Å². The van der Waals surface area contributed by atoms with Crippen molar-refractivity contribution >= 4 is 34.4 Å². The molecule has 8 heteroatoms. The first-order chi connectivity index (χ1) is 21.9. The van der Waals surface area contributed by atoms with Gasteiger partial charge in [0.05, 0.1) is 12.8 Å². The zero-order valence-electron chi connectivity index (χ0n) is 25.2. The molecule has 5 aromatic rings. The molecule has 2 aliphatic heterocycles. The van der Waals surface area contributed by atoms with E-state index in [1.54, 1.807) is 36.3 Å². The number of fused-ring (bicyclic) bond motifs is 4. The molecule has 1 aromatic heterocycles. The Hall–Kier alpha value is -5.37. The van der Waals surface area contributed by atoms with Crippen LogP contribution in [0.3, 0.4) is 0 Å². The van der Waals surface area contributed by atoms with Crippen molar-refractivity contribution in [1.29, 1.82) is 0 Å². The third-order valence-corrected chi connectivity index (χ3v) is 8.93. The Balaban J connectivity index is 1.15. The molecule has 2 aliphatic rings. The minimum atomic E-state index is -0.672. The van der Waals surface area contributed by atoms with Gasteiger partial charge in [0.25, 0.3) is 11.8 Å². The Morgan fingerprint density at radius 3 is 2.49 bits per heavy atom. The molecule has 226 valence electrons. The van der Waals surface area contributed by atoms with Crippen molar-refractivity contribution in [2.45, 2.75) is 44.3 Å². The van der Waals surface area contributed by atoms with Crippen LogP contribution in [0.25, 0.3) is 10.9 Å². The minimum Gasteiger partial charge on any atom is -0.497 e. The third-order valence-electron chi connectivity index (χ3n) is 8.93. The lowest BCUT2D eigenvalue weighted by molar-refractivity contribution is -0.120. The number of methoxy groups -OCH3 is 1. The fourth-order valence-electron chi connectivity index (χ4n) is 6.64. The summed E-state index contributed by atoms with van der Waals surface area (Å²) < 4.78 is 5.51. The first kappa shape index (κ1) is 28.4. The molecule has 0 unspecified atom stereocenters. The highest BCUT2D eigenvalue weighted by Gasteiger charge is 2.53. The maximum absolute atomic E-state index is 14.2. The van der Waals surface area contributed by atoms with E-state index in [0.717, 1.165) is 40.6 Å². The van der Waals surface area contributed by atoms with Gasteiger partial charge in [-0.3, -0.25) is 14.5 Å². The highest BCUT2D eigenvalue weighted by atomic mass is 16.5. The van der Waals surface area contributed by atoms with Crippen LogP contribution in [0.1, 0.15) is 52.1 Å². The van der Waals surface area contributed by atoms with Gasteiger partial charge in [-0.15, -0.1) is 0 Å². The van der Waals surface area contributed by atoms with Crippen molar-refractivity contribution in [3.8, 4) is 5.75 Å². The summed E-state index contributed by atoms with van der Waals surface area (Å²) in [6.45, 7) is 1.99. The molecule has 1 saturated heterocycles. The molecule has 0 radical (unpaired) electrons. The van der Waals surface area contributed by atoms with Crippen LogP contribution in [0.5, 0.6) is 5.75 Å². The van der Waals surface area contributed by atoms with E-state index in [2.05, 4.69) is 22.4 Å². The Labute approximate surface area is 261 Å². The van der Waals surface area contributed by atoms with Crippen LogP contribution < -0.4 is 15.0 Å². The number of imide groups is 1. The summed E-state index contributed by atoms with van der Waals surface area (Å²) in [4.78, 5) is 47.7. The maximum atomic E-state index is 14.2. The quantitative estimate of drug-likeness (QED) is 0.202. The number of carbonyl (C=O) groups is 3. The molecule has 4 aromatic carbocycles. The van der Waals surface area contributed by atoms with Gasteiger partial charge in [0.1, 0.15) is 17.8 Å². The topological polar surface area (TPSA) is 94.7 Å². The predicted molar refractivity (Wildman–Crippen MR) is 173 cm³/mol. The Morgan fingerprint density at radius 2 is 1.71 bits per heavy atom. The van der Waals surface area contributed by atoms with Gasteiger partial charge < -0.3 is 15.0 Å². The largest absolute Gasteiger partial charge is 0.497 e. The summed E-state index contributed by atoms with van der Waals surface area (Å²) in [6, 6.07) is 30.9. The van der Waals surface area contributed by atoms with E-state index < -0.39 is 18.1 Å². The average molecular weight is 599 g/mol. The number of H-pyrrole nitrogens is 1. The van der Waals surface area contributed by atoms with Crippen molar-refractivity contribution in [3.05, 3.63) is 131 Å². The van der Waals surface area contributed by atoms with Gasteiger partial charge in [0.2, 0.25) is 0 Å².